The van der Waals surface area contributed by atoms with Gasteiger partial charge in [-0.2, -0.15) is 0 Å². The molecule has 0 radical (unpaired) electrons. The number of halogens is 2. The molecule has 2 rings (SSSR count). The lowest BCUT2D eigenvalue weighted by atomic mass is 9.92. The maximum absolute atomic E-state index is 13.0. The van der Waals surface area contributed by atoms with Gasteiger partial charge in [-0.1, -0.05) is 0 Å². The minimum Gasteiger partial charge on any atom is -0.335 e. The number of alkyl halides is 2. The van der Waals surface area contributed by atoms with Crippen molar-refractivity contribution < 1.29 is 22.0 Å². The Morgan fingerprint density at radius 3 is 2.45 bits per heavy atom. The first kappa shape index (κ1) is 15.5. The van der Waals surface area contributed by atoms with Gasteiger partial charge >= 0.3 is 6.03 Å². The second-order valence-corrected chi connectivity index (χ2v) is 7.88. The zero-order valence-corrected chi connectivity index (χ0v) is 12.1. The van der Waals surface area contributed by atoms with Crippen molar-refractivity contribution in [1.29, 1.82) is 0 Å². The van der Waals surface area contributed by atoms with Crippen LogP contribution in [0.5, 0.6) is 0 Å². The Labute approximate surface area is 117 Å². The second kappa shape index (κ2) is 5.83. The normalized spacial score (nSPS) is 26.8. The van der Waals surface area contributed by atoms with Crippen molar-refractivity contribution >= 4 is 15.9 Å². The Kier molecular flexibility index (Phi) is 4.51. The lowest BCUT2D eigenvalue weighted by Crippen LogP contribution is -2.47. The predicted molar refractivity (Wildman–Crippen MR) is 70.6 cm³/mol. The third-order valence-corrected chi connectivity index (χ3v) is 5.60. The molecular weight excluding hydrogens is 290 g/mol. The number of hydrogen-bond donors (Lipinski definition) is 1. The van der Waals surface area contributed by atoms with Crippen LogP contribution in [0.1, 0.15) is 32.1 Å². The summed E-state index contributed by atoms with van der Waals surface area (Å²) in [6, 6.07) is -0.570. The average Bonchev–Trinajstić information content (AvgIpc) is 2.53. The van der Waals surface area contributed by atoms with Crippen LogP contribution in [0.4, 0.5) is 13.6 Å². The number of carbonyl (C=O) groups is 1. The molecule has 116 valence electrons. The van der Waals surface area contributed by atoms with Gasteiger partial charge in [0.1, 0.15) is 0 Å². The first-order chi connectivity index (χ1) is 9.27. The van der Waals surface area contributed by atoms with Crippen molar-refractivity contribution in [2.75, 3.05) is 24.6 Å². The van der Waals surface area contributed by atoms with Crippen molar-refractivity contribution in [3.63, 3.8) is 0 Å². The van der Waals surface area contributed by atoms with Crippen LogP contribution in [0, 0.1) is 0 Å². The van der Waals surface area contributed by atoms with Crippen molar-refractivity contribution in [2.24, 2.45) is 0 Å². The predicted octanol–water partition coefficient (Wildman–Crippen LogP) is 1.39. The summed E-state index contributed by atoms with van der Waals surface area (Å²) in [5, 5.41) is 2.74. The summed E-state index contributed by atoms with van der Waals surface area (Å²) in [6.45, 7) is 0.574. The van der Waals surface area contributed by atoms with Gasteiger partial charge in [-0.05, 0) is 19.3 Å². The molecule has 1 heterocycles. The highest BCUT2D eigenvalue weighted by Gasteiger charge is 2.35. The van der Waals surface area contributed by atoms with Crippen LogP contribution in [-0.4, -0.2) is 55.9 Å². The van der Waals surface area contributed by atoms with Gasteiger partial charge < -0.3 is 10.2 Å². The summed E-state index contributed by atoms with van der Waals surface area (Å²) in [6.07, 6.45) is 0.562. The van der Waals surface area contributed by atoms with E-state index in [-0.39, 0.29) is 55.8 Å². The molecule has 0 unspecified atom stereocenters. The van der Waals surface area contributed by atoms with E-state index in [0.717, 1.165) is 0 Å². The van der Waals surface area contributed by atoms with Crippen LogP contribution < -0.4 is 5.32 Å². The number of nitrogens with one attached hydrogen (secondary N) is 1. The third kappa shape index (κ3) is 4.29. The Morgan fingerprint density at radius 1 is 1.15 bits per heavy atom. The van der Waals surface area contributed by atoms with Gasteiger partial charge in [-0.3, -0.25) is 0 Å². The van der Waals surface area contributed by atoms with Gasteiger partial charge in [0.25, 0.3) is 0 Å². The number of rotatable bonds is 1. The van der Waals surface area contributed by atoms with E-state index in [2.05, 4.69) is 5.32 Å². The average molecular weight is 310 g/mol. The fourth-order valence-corrected chi connectivity index (χ4v) is 3.86. The van der Waals surface area contributed by atoms with Crippen molar-refractivity contribution in [1.82, 2.24) is 10.2 Å². The SMILES string of the molecule is O=C(NC1CCC(F)(F)CC1)N1CCCS(=O)(=O)CC1. The molecule has 0 spiro atoms. The van der Waals surface area contributed by atoms with Gasteiger partial charge in [0, 0.05) is 32.0 Å². The molecule has 1 N–H and O–H groups in total. The van der Waals surface area contributed by atoms with Crippen LogP contribution in [0.25, 0.3) is 0 Å². The maximum Gasteiger partial charge on any atom is 0.317 e. The largest absolute Gasteiger partial charge is 0.335 e. The zero-order chi connectivity index (χ0) is 14.8. The van der Waals surface area contributed by atoms with E-state index in [0.29, 0.717) is 13.0 Å². The van der Waals surface area contributed by atoms with E-state index in [4.69, 9.17) is 0 Å². The fourth-order valence-electron chi connectivity index (χ4n) is 2.59. The van der Waals surface area contributed by atoms with Gasteiger partial charge in [0.15, 0.2) is 9.84 Å². The standard InChI is InChI=1S/C12H20F2N2O3S/c13-12(14)4-2-10(3-5-12)15-11(17)16-6-1-8-20(18,19)9-7-16/h10H,1-9H2,(H,15,17). The summed E-state index contributed by atoms with van der Waals surface area (Å²) in [4.78, 5) is 13.5. The van der Waals surface area contributed by atoms with Crippen molar-refractivity contribution in [3.8, 4) is 0 Å². The molecule has 5 nitrogen and oxygen atoms in total. The molecule has 1 saturated carbocycles. The monoisotopic (exact) mass is 310 g/mol. The summed E-state index contributed by atoms with van der Waals surface area (Å²) in [5.74, 6) is -2.53. The van der Waals surface area contributed by atoms with Gasteiger partial charge in [0.05, 0.1) is 11.5 Å². The molecule has 1 aliphatic carbocycles. The number of hydrogen-bond acceptors (Lipinski definition) is 3. The Balaban J connectivity index is 1.83. The molecule has 0 atom stereocenters. The molecule has 2 fully saturated rings. The summed E-state index contributed by atoms with van der Waals surface area (Å²) in [5.41, 5.74) is 0. The highest BCUT2D eigenvalue weighted by Crippen LogP contribution is 2.33. The highest BCUT2D eigenvalue weighted by atomic mass is 32.2. The molecular formula is C12H20F2N2O3S. The first-order valence-corrected chi connectivity index (χ1v) is 8.73. The molecule has 1 aliphatic heterocycles. The molecule has 1 saturated heterocycles. The quantitative estimate of drug-likeness (QED) is 0.796. The van der Waals surface area contributed by atoms with E-state index in [1.54, 1.807) is 0 Å². The second-order valence-electron chi connectivity index (χ2n) is 5.57. The molecule has 0 bridgehead atoms. The Bertz CT molecular complexity index is 457. The molecule has 8 heteroatoms. The summed E-state index contributed by atoms with van der Waals surface area (Å²) >= 11 is 0. The minimum absolute atomic E-state index is 0.0246. The maximum atomic E-state index is 13.0. The molecule has 2 aliphatic rings. The topological polar surface area (TPSA) is 66.5 Å². The molecule has 0 aromatic heterocycles. The fraction of sp³-hybridized carbons (Fsp3) is 0.917. The number of nitrogens with zero attached hydrogens (tertiary/aromatic N) is 1. The summed E-state index contributed by atoms with van der Waals surface area (Å²) < 4.78 is 49.0. The van der Waals surface area contributed by atoms with E-state index < -0.39 is 15.8 Å². The summed E-state index contributed by atoms with van der Waals surface area (Å²) in [7, 11) is -3.05. The first-order valence-electron chi connectivity index (χ1n) is 6.91. The number of carbonyl (C=O) groups excluding carboxylic acids is 1. The smallest absolute Gasteiger partial charge is 0.317 e. The zero-order valence-electron chi connectivity index (χ0n) is 11.3. The van der Waals surface area contributed by atoms with Crippen molar-refractivity contribution in [2.45, 2.75) is 44.1 Å². The molecule has 2 amide bonds. The lowest BCUT2D eigenvalue weighted by molar-refractivity contribution is -0.0398. The van der Waals surface area contributed by atoms with E-state index in [1.165, 1.54) is 4.90 Å². The highest BCUT2D eigenvalue weighted by molar-refractivity contribution is 7.91. The van der Waals surface area contributed by atoms with E-state index in [1.807, 2.05) is 0 Å². The van der Waals surface area contributed by atoms with Gasteiger partial charge in [0.2, 0.25) is 5.92 Å². The number of amides is 2. The van der Waals surface area contributed by atoms with Crippen LogP contribution in [-0.2, 0) is 9.84 Å². The van der Waals surface area contributed by atoms with Crippen LogP contribution in [0.3, 0.4) is 0 Å². The Morgan fingerprint density at radius 2 is 1.80 bits per heavy atom. The van der Waals surface area contributed by atoms with Gasteiger partial charge in [-0.25, -0.2) is 22.0 Å². The molecule has 20 heavy (non-hydrogen) atoms. The van der Waals surface area contributed by atoms with Crippen LogP contribution in [0.15, 0.2) is 0 Å². The lowest BCUT2D eigenvalue weighted by Gasteiger charge is -2.30. The van der Waals surface area contributed by atoms with Crippen LogP contribution in [0.2, 0.25) is 0 Å². The molecule has 0 aromatic rings. The number of sulfone groups is 1. The van der Waals surface area contributed by atoms with E-state index >= 15 is 0 Å². The van der Waals surface area contributed by atoms with Crippen molar-refractivity contribution in [3.05, 3.63) is 0 Å². The minimum atomic E-state index is -3.05. The van der Waals surface area contributed by atoms with Crippen LogP contribution >= 0.6 is 0 Å². The molecule has 0 aromatic carbocycles. The van der Waals surface area contributed by atoms with Gasteiger partial charge in [-0.15, -0.1) is 0 Å². The third-order valence-electron chi connectivity index (χ3n) is 3.89. The Hall–Kier alpha value is -0.920. The number of urea groups is 1. The van der Waals surface area contributed by atoms with E-state index in [9.17, 15) is 22.0 Å².